The quantitative estimate of drug-likeness (QED) is 0.766. The van der Waals surface area contributed by atoms with E-state index in [9.17, 15) is 14.7 Å². The van der Waals surface area contributed by atoms with Crippen LogP contribution in [-0.2, 0) is 9.53 Å². The van der Waals surface area contributed by atoms with Crippen LogP contribution in [0.3, 0.4) is 0 Å². The van der Waals surface area contributed by atoms with Crippen LogP contribution in [0, 0.1) is 0 Å². The number of benzene rings is 1. The van der Waals surface area contributed by atoms with Crippen LogP contribution in [0.4, 0.5) is 5.69 Å². The Morgan fingerprint density at radius 2 is 2.20 bits per heavy atom. The molecule has 1 fully saturated rings. The van der Waals surface area contributed by atoms with Crippen molar-refractivity contribution < 1.29 is 24.5 Å². The molecule has 1 heterocycles. The fraction of sp³-hybridized carbons (Fsp3) is 0.429. The second-order valence-electron chi connectivity index (χ2n) is 4.76. The molecule has 1 aromatic carbocycles. The number of rotatable bonds is 5. The first-order valence-corrected chi connectivity index (χ1v) is 6.54. The average Bonchev–Trinajstić information content (AvgIpc) is 2.89. The normalized spacial score (nSPS) is 17.9. The standard InChI is InChI=1S/C14H17NO5/c16-12-8-9(3-5-11(12)14(18)19)15-13(17)6-4-10-2-1-7-20-10/h3,5,8,10,16H,1-2,4,6-7H2,(H,15,17)(H,18,19). The largest absolute Gasteiger partial charge is 0.507 e. The third-order valence-electron chi connectivity index (χ3n) is 3.23. The number of aromatic carboxylic acids is 1. The maximum Gasteiger partial charge on any atom is 0.339 e. The van der Waals surface area contributed by atoms with Crippen LogP contribution in [0.25, 0.3) is 0 Å². The van der Waals surface area contributed by atoms with Gasteiger partial charge in [0.05, 0.1) is 6.10 Å². The van der Waals surface area contributed by atoms with Crippen molar-refractivity contribution in [2.75, 3.05) is 11.9 Å². The van der Waals surface area contributed by atoms with E-state index in [4.69, 9.17) is 9.84 Å². The Morgan fingerprint density at radius 1 is 1.40 bits per heavy atom. The van der Waals surface area contributed by atoms with Crippen molar-refractivity contribution in [3.05, 3.63) is 23.8 Å². The van der Waals surface area contributed by atoms with Crippen LogP contribution in [0.5, 0.6) is 5.75 Å². The van der Waals surface area contributed by atoms with Gasteiger partial charge in [0.15, 0.2) is 0 Å². The predicted octanol–water partition coefficient (Wildman–Crippen LogP) is 1.99. The fourth-order valence-corrected chi connectivity index (χ4v) is 2.18. The molecule has 0 spiro atoms. The second kappa shape index (κ2) is 6.38. The van der Waals surface area contributed by atoms with Crippen molar-refractivity contribution in [1.29, 1.82) is 0 Å². The number of phenols is 1. The lowest BCUT2D eigenvalue weighted by Gasteiger charge is -2.10. The van der Waals surface area contributed by atoms with Crippen LogP contribution in [0.15, 0.2) is 18.2 Å². The van der Waals surface area contributed by atoms with Crippen molar-refractivity contribution in [2.45, 2.75) is 31.8 Å². The van der Waals surface area contributed by atoms with Gasteiger partial charge in [-0.1, -0.05) is 0 Å². The summed E-state index contributed by atoms with van der Waals surface area (Å²) in [7, 11) is 0. The summed E-state index contributed by atoms with van der Waals surface area (Å²) in [6.07, 6.45) is 3.19. The van der Waals surface area contributed by atoms with E-state index in [0.29, 0.717) is 18.5 Å². The molecule has 1 aliphatic heterocycles. The Hall–Kier alpha value is -2.08. The highest BCUT2D eigenvalue weighted by Crippen LogP contribution is 2.22. The number of amides is 1. The smallest absolute Gasteiger partial charge is 0.339 e. The minimum atomic E-state index is -1.21. The van der Waals surface area contributed by atoms with E-state index in [0.717, 1.165) is 19.4 Å². The molecule has 1 atom stereocenters. The fourth-order valence-electron chi connectivity index (χ4n) is 2.18. The summed E-state index contributed by atoms with van der Waals surface area (Å²) in [5.74, 6) is -1.75. The van der Waals surface area contributed by atoms with Crippen LogP contribution >= 0.6 is 0 Å². The summed E-state index contributed by atoms with van der Waals surface area (Å²) >= 11 is 0. The molecule has 0 aromatic heterocycles. The summed E-state index contributed by atoms with van der Waals surface area (Å²) in [4.78, 5) is 22.5. The summed E-state index contributed by atoms with van der Waals surface area (Å²) in [5, 5.41) is 20.9. The molecule has 2 rings (SSSR count). The van der Waals surface area contributed by atoms with Crippen LogP contribution in [-0.4, -0.2) is 34.8 Å². The van der Waals surface area contributed by atoms with E-state index in [2.05, 4.69) is 5.32 Å². The van der Waals surface area contributed by atoms with Gasteiger partial charge in [0.25, 0.3) is 0 Å². The molecule has 0 bridgehead atoms. The van der Waals surface area contributed by atoms with Crippen molar-refractivity contribution in [3.8, 4) is 5.75 Å². The monoisotopic (exact) mass is 279 g/mol. The zero-order valence-electron chi connectivity index (χ0n) is 11.0. The van der Waals surface area contributed by atoms with Gasteiger partial charge in [-0.25, -0.2) is 4.79 Å². The molecule has 1 amide bonds. The molecular formula is C14H17NO5. The van der Waals surface area contributed by atoms with Crippen LogP contribution in [0.1, 0.15) is 36.0 Å². The number of carboxylic acids is 1. The first-order valence-electron chi connectivity index (χ1n) is 6.54. The van der Waals surface area contributed by atoms with Gasteiger partial charge in [-0.2, -0.15) is 0 Å². The van der Waals surface area contributed by atoms with Gasteiger partial charge in [0.2, 0.25) is 5.91 Å². The molecule has 6 heteroatoms. The molecule has 1 unspecified atom stereocenters. The number of carboxylic acid groups (broad SMARTS) is 1. The molecule has 6 nitrogen and oxygen atoms in total. The Morgan fingerprint density at radius 3 is 2.80 bits per heavy atom. The van der Waals surface area contributed by atoms with Crippen molar-refractivity contribution in [1.82, 2.24) is 0 Å². The predicted molar refractivity (Wildman–Crippen MR) is 71.9 cm³/mol. The Balaban J connectivity index is 1.87. The lowest BCUT2D eigenvalue weighted by Crippen LogP contribution is -2.15. The third kappa shape index (κ3) is 3.71. The molecule has 20 heavy (non-hydrogen) atoms. The Bertz CT molecular complexity index is 508. The maximum atomic E-state index is 11.7. The number of hydrogen-bond donors (Lipinski definition) is 3. The van der Waals surface area contributed by atoms with Gasteiger partial charge < -0.3 is 20.3 Å². The topological polar surface area (TPSA) is 95.9 Å². The number of anilines is 1. The van der Waals surface area contributed by atoms with Gasteiger partial charge in [-0.3, -0.25) is 4.79 Å². The second-order valence-corrected chi connectivity index (χ2v) is 4.76. The van der Waals surface area contributed by atoms with E-state index >= 15 is 0 Å². The first-order chi connectivity index (χ1) is 9.56. The summed E-state index contributed by atoms with van der Waals surface area (Å²) < 4.78 is 5.43. The highest BCUT2D eigenvalue weighted by molar-refractivity contribution is 5.94. The zero-order chi connectivity index (χ0) is 14.5. The van der Waals surface area contributed by atoms with Crippen molar-refractivity contribution in [2.24, 2.45) is 0 Å². The first kappa shape index (κ1) is 14.3. The zero-order valence-corrected chi connectivity index (χ0v) is 11.0. The minimum Gasteiger partial charge on any atom is -0.507 e. The average molecular weight is 279 g/mol. The molecular weight excluding hydrogens is 262 g/mol. The number of hydrogen-bond acceptors (Lipinski definition) is 4. The minimum absolute atomic E-state index is 0.156. The van der Waals surface area contributed by atoms with E-state index in [1.165, 1.54) is 18.2 Å². The summed E-state index contributed by atoms with van der Waals surface area (Å²) in [6, 6.07) is 3.94. The number of carbonyl (C=O) groups is 2. The molecule has 0 radical (unpaired) electrons. The van der Waals surface area contributed by atoms with E-state index in [-0.39, 0.29) is 23.3 Å². The lowest BCUT2D eigenvalue weighted by molar-refractivity contribution is -0.116. The van der Waals surface area contributed by atoms with E-state index < -0.39 is 5.97 Å². The highest BCUT2D eigenvalue weighted by atomic mass is 16.5. The SMILES string of the molecule is O=C(CCC1CCCO1)Nc1ccc(C(=O)O)c(O)c1. The van der Waals surface area contributed by atoms with E-state index in [1.54, 1.807) is 0 Å². The van der Waals surface area contributed by atoms with Crippen LogP contribution in [0.2, 0.25) is 0 Å². The lowest BCUT2D eigenvalue weighted by atomic mass is 10.1. The van der Waals surface area contributed by atoms with Gasteiger partial charge in [-0.05, 0) is 31.4 Å². The molecule has 108 valence electrons. The van der Waals surface area contributed by atoms with Crippen molar-refractivity contribution >= 4 is 17.6 Å². The highest BCUT2D eigenvalue weighted by Gasteiger charge is 2.17. The maximum absolute atomic E-state index is 11.7. The molecule has 0 aliphatic carbocycles. The van der Waals surface area contributed by atoms with Crippen molar-refractivity contribution in [3.63, 3.8) is 0 Å². The molecule has 1 aliphatic rings. The molecule has 1 aromatic rings. The number of aromatic hydroxyl groups is 1. The number of carbonyl (C=O) groups excluding carboxylic acids is 1. The van der Waals surface area contributed by atoms with Gasteiger partial charge in [0.1, 0.15) is 11.3 Å². The van der Waals surface area contributed by atoms with Gasteiger partial charge >= 0.3 is 5.97 Å². The molecule has 1 saturated heterocycles. The number of nitrogens with one attached hydrogen (secondary N) is 1. The van der Waals surface area contributed by atoms with Crippen LogP contribution < -0.4 is 5.32 Å². The van der Waals surface area contributed by atoms with Gasteiger partial charge in [-0.15, -0.1) is 0 Å². The van der Waals surface area contributed by atoms with E-state index in [1.807, 2.05) is 0 Å². The Kier molecular flexibility index (Phi) is 4.57. The molecule has 0 saturated carbocycles. The summed E-state index contributed by atoms with van der Waals surface area (Å²) in [5.41, 5.74) is 0.187. The Labute approximate surface area is 116 Å². The summed E-state index contributed by atoms with van der Waals surface area (Å²) in [6.45, 7) is 0.761. The van der Waals surface area contributed by atoms with Gasteiger partial charge in [0, 0.05) is 24.8 Å². The third-order valence-corrected chi connectivity index (χ3v) is 3.23. The molecule has 3 N–H and O–H groups in total. The number of ether oxygens (including phenoxy) is 1.